The molecule has 0 saturated carbocycles. The number of benzene rings is 2. The summed E-state index contributed by atoms with van der Waals surface area (Å²) in [7, 11) is 0. The minimum absolute atomic E-state index is 0.0550. The number of carbonyl (C=O) groups is 2. The number of hydrogen-bond acceptors (Lipinski definition) is 6. The quantitative estimate of drug-likeness (QED) is 0.333. The van der Waals surface area contributed by atoms with E-state index < -0.39 is 17.8 Å². The first kappa shape index (κ1) is 23.9. The van der Waals surface area contributed by atoms with Gasteiger partial charge in [-0.2, -0.15) is 0 Å². The van der Waals surface area contributed by atoms with Gasteiger partial charge in [0.2, 0.25) is 11.8 Å². The predicted molar refractivity (Wildman–Crippen MR) is 132 cm³/mol. The maximum Gasteiger partial charge on any atom is 0.247 e. The molecule has 0 aliphatic carbocycles. The van der Waals surface area contributed by atoms with Crippen LogP contribution in [0.5, 0.6) is 0 Å². The fraction of sp³-hybridized carbons (Fsp3) is 0.148. The molecule has 5 rings (SSSR count). The van der Waals surface area contributed by atoms with Crippen LogP contribution in [0.15, 0.2) is 95.9 Å². The second-order valence-corrected chi connectivity index (χ2v) is 8.37. The predicted octanol–water partition coefficient (Wildman–Crippen LogP) is 3.64. The molecule has 1 N–H and O–H groups in total. The van der Waals surface area contributed by atoms with E-state index in [9.17, 15) is 14.0 Å². The molecule has 10 heteroatoms. The van der Waals surface area contributed by atoms with Gasteiger partial charge in [0, 0.05) is 24.5 Å². The van der Waals surface area contributed by atoms with Crippen molar-refractivity contribution in [2.75, 3.05) is 0 Å². The van der Waals surface area contributed by atoms with E-state index >= 15 is 0 Å². The molecule has 0 spiro atoms. The first-order chi connectivity index (χ1) is 18.1. The molecular formula is C27H23FN6O3. The average molecular weight is 499 g/mol. The Morgan fingerprint density at radius 1 is 1.03 bits per heavy atom. The van der Waals surface area contributed by atoms with Gasteiger partial charge in [-0.3, -0.25) is 14.6 Å². The third kappa shape index (κ3) is 5.53. The molecule has 3 aromatic heterocycles. The molecular weight excluding hydrogens is 475 g/mol. The largest absolute Gasteiger partial charge is 0.467 e. The number of hydrogen-bond donors (Lipinski definition) is 1. The van der Waals surface area contributed by atoms with E-state index in [4.69, 9.17) is 4.42 Å². The van der Waals surface area contributed by atoms with Gasteiger partial charge in [-0.15, -0.1) is 5.10 Å². The number of halogens is 1. The summed E-state index contributed by atoms with van der Waals surface area (Å²) in [6.07, 6.45) is 4.66. The maximum atomic E-state index is 13.8. The van der Waals surface area contributed by atoms with Crippen molar-refractivity contribution in [1.82, 2.24) is 30.2 Å². The Morgan fingerprint density at radius 2 is 1.86 bits per heavy atom. The number of aromatic nitrogens is 4. The molecule has 0 unspecified atom stereocenters. The van der Waals surface area contributed by atoms with E-state index in [1.54, 1.807) is 54.9 Å². The summed E-state index contributed by atoms with van der Waals surface area (Å²) < 4.78 is 20.4. The Kier molecular flexibility index (Phi) is 6.98. The van der Waals surface area contributed by atoms with Gasteiger partial charge in [-0.25, -0.2) is 9.07 Å². The van der Waals surface area contributed by atoms with Crippen LogP contribution in [0, 0.1) is 5.82 Å². The monoisotopic (exact) mass is 498 g/mol. The number of nitrogens with zero attached hydrogens (tertiary/aromatic N) is 5. The van der Waals surface area contributed by atoms with Crippen molar-refractivity contribution in [3.8, 4) is 0 Å². The van der Waals surface area contributed by atoms with Crippen LogP contribution in [0.25, 0.3) is 11.0 Å². The SMILES string of the molecule is O=C(NCc1ccco1)[C@H](c1cccnc1)N(Cc1ccc(F)cc1)C(=O)Cn1nnc2ccccc21. The summed E-state index contributed by atoms with van der Waals surface area (Å²) in [4.78, 5) is 33.0. The highest BCUT2D eigenvalue weighted by molar-refractivity contribution is 5.89. The van der Waals surface area contributed by atoms with Gasteiger partial charge in [-0.1, -0.05) is 35.5 Å². The lowest BCUT2D eigenvalue weighted by Crippen LogP contribution is -2.44. The zero-order valence-electron chi connectivity index (χ0n) is 19.7. The molecule has 186 valence electrons. The van der Waals surface area contributed by atoms with Crippen LogP contribution in [0.2, 0.25) is 0 Å². The van der Waals surface area contributed by atoms with Crippen molar-refractivity contribution >= 4 is 22.8 Å². The average Bonchev–Trinajstić information content (AvgIpc) is 3.59. The van der Waals surface area contributed by atoms with Crippen molar-refractivity contribution in [2.45, 2.75) is 25.7 Å². The standard InChI is InChI=1S/C27H23FN6O3/c28-21-11-9-19(10-12-21)17-33(25(35)18-34-24-8-2-1-7-23(24)31-32-34)26(20-5-3-13-29-15-20)27(36)30-16-22-6-4-14-37-22/h1-15,26H,16-18H2,(H,30,36)/t26-/m0/s1. The normalized spacial score (nSPS) is 11.8. The van der Waals surface area contributed by atoms with Gasteiger partial charge in [0.05, 0.1) is 18.3 Å². The molecule has 37 heavy (non-hydrogen) atoms. The highest BCUT2D eigenvalue weighted by Gasteiger charge is 2.32. The lowest BCUT2D eigenvalue weighted by molar-refractivity contribution is -0.142. The zero-order valence-corrected chi connectivity index (χ0v) is 19.7. The third-order valence-electron chi connectivity index (χ3n) is 5.87. The molecule has 0 radical (unpaired) electrons. The Bertz CT molecular complexity index is 1490. The second-order valence-electron chi connectivity index (χ2n) is 8.37. The molecule has 1 atom stereocenters. The number of nitrogens with one attached hydrogen (secondary N) is 1. The number of rotatable bonds is 9. The van der Waals surface area contributed by atoms with Crippen molar-refractivity contribution in [2.24, 2.45) is 0 Å². The van der Waals surface area contributed by atoms with Gasteiger partial charge in [-0.05, 0) is 48.0 Å². The summed E-state index contributed by atoms with van der Waals surface area (Å²) in [5.74, 6) is -0.607. The molecule has 0 bridgehead atoms. The Hall–Kier alpha value is -4.86. The molecule has 9 nitrogen and oxygen atoms in total. The van der Waals surface area contributed by atoms with Gasteiger partial charge >= 0.3 is 0 Å². The number of pyridine rings is 1. The van der Waals surface area contributed by atoms with Crippen LogP contribution in [0.3, 0.4) is 0 Å². The summed E-state index contributed by atoms with van der Waals surface area (Å²) in [6.45, 7) is 0.0539. The number of amides is 2. The molecule has 0 fully saturated rings. The summed E-state index contributed by atoms with van der Waals surface area (Å²) >= 11 is 0. The number of furan rings is 1. The van der Waals surface area contributed by atoms with Crippen molar-refractivity contribution in [1.29, 1.82) is 0 Å². The van der Waals surface area contributed by atoms with Gasteiger partial charge < -0.3 is 14.6 Å². The molecule has 0 aliphatic rings. The van der Waals surface area contributed by atoms with Crippen LogP contribution in [-0.4, -0.2) is 36.7 Å². The van der Waals surface area contributed by atoms with Crippen molar-refractivity contribution in [3.63, 3.8) is 0 Å². The van der Waals surface area contributed by atoms with Gasteiger partial charge in [0.15, 0.2) is 0 Å². The molecule has 0 aliphatic heterocycles. The Balaban J connectivity index is 1.50. The topological polar surface area (TPSA) is 106 Å². The van der Waals surface area contributed by atoms with E-state index in [0.717, 1.165) is 0 Å². The lowest BCUT2D eigenvalue weighted by atomic mass is 10.0. The van der Waals surface area contributed by atoms with E-state index in [1.807, 2.05) is 18.2 Å². The van der Waals surface area contributed by atoms with Crippen LogP contribution in [-0.2, 0) is 29.2 Å². The van der Waals surface area contributed by atoms with E-state index in [0.29, 0.717) is 27.9 Å². The van der Waals surface area contributed by atoms with E-state index in [1.165, 1.54) is 28.0 Å². The summed E-state index contributed by atoms with van der Waals surface area (Å²) in [6, 6.07) is 19.0. The third-order valence-corrected chi connectivity index (χ3v) is 5.87. The van der Waals surface area contributed by atoms with Gasteiger partial charge in [0.25, 0.3) is 0 Å². The second kappa shape index (κ2) is 10.8. The summed E-state index contributed by atoms with van der Waals surface area (Å²) in [5.41, 5.74) is 2.53. The Morgan fingerprint density at radius 3 is 2.62 bits per heavy atom. The van der Waals surface area contributed by atoms with Crippen LogP contribution >= 0.6 is 0 Å². The Labute approximate surface area is 211 Å². The molecule has 2 aromatic carbocycles. The van der Waals surface area contributed by atoms with Gasteiger partial charge in [0.1, 0.15) is 29.7 Å². The first-order valence-corrected chi connectivity index (χ1v) is 11.6. The summed E-state index contributed by atoms with van der Waals surface area (Å²) in [5, 5.41) is 11.1. The van der Waals surface area contributed by atoms with E-state index in [-0.39, 0.29) is 25.5 Å². The highest BCUT2D eigenvalue weighted by atomic mass is 19.1. The van der Waals surface area contributed by atoms with Crippen LogP contribution in [0.4, 0.5) is 4.39 Å². The van der Waals surface area contributed by atoms with Crippen LogP contribution < -0.4 is 5.32 Å². The molecule has 3 heterocycles. The fourth-order valence-electron chi connectivity index (χ4n) is 4.06. The number of para-hydroxylation sites is 1. The number of carbonyl (C=O) groups excluding carboxylic acids is 2. The first-order valence-electron chi connectivity index (χ1n) is 11.6. The van der Waals surface area contributed by atoms with Crippen molar-refractivity contribution < 1.29 is 18.4 Å². The number of fused-ring (bicyclic) bond motifs is 1. The minimum atomic E-state index is -1.02. The van der Waals surface area contributed by atoms with Crippen molar-refractivity contribution in [3.05, 3.63) is 114 Å². The fourth-order valence-corrected chi connectivity index (χ4v) is 4.06. The van der Waals surface area contributed by atoms with Crippen LogP contribution in [0.1, 0.15) is 22.9 Å². The van der Waals surface area contributed by atoms with E-state index in [2.05, 4.69) is 20.6 Å². The minimum Gasteiger partial charge on any atom is -0.467 e. The molecule has 5 aromatic rings. The molecule has 0 saturated heterocycles. The lowest BCUT2D eigenvalue weighted by Gasteiger charge is -2.31. The smallest absolute Gasteiger partial charge is 0.247 e. The maximum absolute atomic E-state index is 13.8. The zero-order chi connectivity index (χ0) is 25.6. The molecule has 2 amide bonds. The highest BCUT2D eigenvalue weighted by Crippen LogP contribution is 2.25.